The van der Waals surface area contributed by atoms with E-state index in [9.17, 15) is 9.00 Å². The Labute approximate surface area is 93.8 Å². The minimum Gasteiger partial charge on any atom is -0.340 e. The molecular weight excluding hydrogens is 236 g/mol. The van der Waals surface area contributed by atoms with Gasteiger partial charge in [-0.2, -0.15) is 0 Å². The van der Waals surface area contributed by atoms with Crippen LogP contribution in [0.4, 0.5) is 4.79 Å². The summed E-state index contributed by atoms with van der Waals surface area (Å²) in [5, 5.41) is 2.61. The summed E-state index contributed by atoms with van der Waals surface area (Å²) in [6, 6.07) is 5.98. The maximum atomic E-state index is 12.0. The van der Waals surface area contributed by atoms with Crippen LogP contribution in [0.2, 0.25) is 5.02 Å². The van der Waals surface area contributed by atoms with E-state index in [4.69, 9.17) is 11.6 Å². The van der Waals surface area contributed by atoms with Crippen LogP contribution in [0.3, 0.4) is 0 Å². The lowest BCUT2D eigenvalue weighted by molar-refractivity contribution is 0.248. The average Bonchev–Trinajstić information content (AvgIpc) is 2.17. The van der Waals surface area contributed by atoms with Gasteiger partial charge < -0.3 is 5.32 Å². The zero-order valence-corrected chi connectivity index (χ0v) is 9.69. The molecule has 1 rings (SSSR count). The van der Waals surface area contributed by atoms with E-state index < -0.39 is 15.7 Å². The van der Waals surface area contributed by atoms with E-state index in [1.54, 1.807) is 24.3 Å². The number of nitrogens with one attached hydrogen (secondary N) is 2. The second kappa shape index (κ2) is 4.55. The summed E-state index contributed by atoms with van der Waals surface area (Å²) >= 11 is 5.84. The van der Waals surface area contributed by atoms with Gasteiger partial charge in [0.25, 0.3) is 0 Å². The van der Waals surface area contributed by atoms with Crippen LogP contribution < -0.4 is 10.0 Å². The van der Waals surface area contributed by atoms with Crippen LogP contribution >= 0.6 is 11.6 Å². The Morgan fingerprint density at radius 2 is 2.07 bits per heavy atom. The summed E-state index contributed by atoms with van der Waals surface area (Å²) in [5.41, 5.74) is 0. The van der Waals surface area contributed by atoms with E-state index in [0.29, 0.717) is 9.92 Å². The van der Waals surface area contributed by atoms with E-state index in [0.717, 1.165) is 0 Å². The first-order valence-corrected chi connectivity index (χ1v) is 6.19. The van der Waals surface area contributed by atoms with Gasteiger partial charge >= 0.3 is 6.03 Å². The molecule has 82 valence electrons. The van der Waals surface area contributed by atoms with E-state index in [-0.39, 0.29) is 0 Å². The number of amides is 2. The van der Waals surface area contributed by atoms with Crippen molar-refractivity contribution < 1.29 is 9.00 Å². The van der Waals surface area contributed by atoms with Gasteiger partial charge in [0.1, 0.15) is 0 Å². The first kappa shape index (κ1) is 11.9. The molecule has 0 aromatic heterocycles. The lowest BCUT2D eigenvalue weighted by atomic mass is 10.4. The quantitative estimate of drug-likeness (QED) is 0.772. The molecule has 0 radical (unpaired) electrons. The summed E-state index contributed by atoms with van der Waals surface area (Å²) in [6.45, 7) is 0. The Morgan fingerprint density at radius 3 is 2.60 bits per heavy atom. The highest BCUT2D eigenvalue weighted by molar-refractivity contribution is 7.99. The molecule has 2 N–H and O–H groups in total. The lowest BCUT2D eigenvalue weighted by Crippen LogP contribution is -2.37. The Balaban J connectivity index is 3.07. The first-order valence-electron chi connectivity index (χ1n) is 4.08. The zero-order chi connectivity index (χ0) is 11.5. The molecule has 0 bridgehead atoms. The maximum Gasteiger partial charge on any atom is 0.326 e. The summed E-state index contributed by atoms with van der Waals surface area (Å²) in [6.07, 6.45) is 0. The maximum absolute atomic E-state index is 12.0. The van der Waals surface area contributed by atoms with Crippen molar-refractivity contribution in [2.75, 3.05) is 7.05 Å². The van der Waals surface area contributed by atoms with Gasteiger partial charge in [0, 0.05) is 7.05 Å². The second-order valence-electron chi connectivity index (χ2n) is 2.79. The molecule has 0 fully saturated rings. The lowest BCUT2D eigenvalue weighted by Gasteiger charge is -2.12. The molecule has 2 amide bonds. The van der Waals surface area contributed by atoms with Crippen molar-refractivity contribution in [2.24, 2.45) is 0 Å². The Hall–Kier alpha value is -1.20. The van der Waals surface area contributed by atoms with Crippen LogP contribution in [0.5, 0.6) is 0 Å². The molecule has 6 heteroatoms. The third-order valence-electron chi connectivity index (χ3n) is 1.68. The highest BCUT2D eigenvalue weighted by Crippen LogP contribution is 2.19. The van der Waals surface area contributed by atoms with Crippen LogP contribution in [0.15, 0.2) is 29.2 Å². The van der Waals surface area contributed by atoms with Crippen molar-refractivity contribution in [3.8, 4) is 0 Å². The smallest absolute Gasteiger partial charge is 0.326 e. The number of hydrogen-bond acceptors (Lipinski definition) is 2. The predicted octanol–water partition coefficient (Wildman–Crippen LogP) is 1.26. The fraction of sp³-hybridized carbons (Fsp3) is 0.111. The number of urea groups is 1. The topological polar surface area (TPSA) is 58.2 Å². The molecule has 1 unspecified atom stereocenters. The average molecular weight is 247 g/mol. The largest absolute Gasteiger partial charge is 0.340 e. The molecule has 0 saturated heterocycles. The molecule has 0 spiro atoms. The fourth-order valence-electron chi connectivity index (χ4n) is 0.968. The number of carbonyl (C=O) groups is 1. The summed E-state index contributed by atoms with van der Waals surface area (Å²) < 4.78 is 14.3. The van der Waals surface area contributed by atoms with Crippen LogP contribution in [-0.4, -0.2) is 23.2 Å². The van der Waals surface area contributed by atoms with E-state index in [1.807, 2.05) is 0 Å². The normalized spacial score (nSPS) is 14.0. The summed E-state index contributed by atoms with van der Waals surface area (Å²) in [7, 11) is -1.47. The van der Waals surface area contributed by atoms with Gasteiger partial charge in [0.2, 0.25) is 0 Å². The number of hydrogen-bond donors (Lipinski definition) is 2. The Morgan fingerprint density at radius 1 is 1.47 bits per heavy atom. The first-order chi connectivity index (χ1) is 6.97. The molecule has 0 aliphatic carbocycles. The van der Waals surface area contributed by atoms with E-state index >= 15 is 0 Å². The van der Waals surface area contributed by atoms with Gasteiger partial charge in [0.15, 0.2) is 0 Å². The fourth-order valence-corrected chi connectivity index (χ4v) is 2.67. The van der Waals surface area contributed by atoms with E-state index in [2.05, 4.69) is 15.9 Å². The molecule has 0 heterocycles. The van der Waals surface area contributed by atoms with Crippen LogP contribution in [-0.2, 0) is 9.71 Å². The standard InChI is InChI=1S/C9H11ClN2O2S/c1-11-9(13)12-15(2,14)8-6-4-3-5-7(8)10/h3-6H,2H2,1H3,(H2,11,12,13,14). The van der Waals surface area contributed by atoms with Crippen molar-refractivity contribution in [1.82, 2.24) is 10.0 Å². The number of benzene rings is 1. The highest BCUT2D eigenvalue weighted by atomic mass is 35.5. The molecule has 1 aromatic rings. The molecule has 0 saturated carbocycles. The molecule has 1 atom stereocenters. The zero-order valence-electron chi connectivity index (χ0n) is 8.12. The van der Waals surface area contributed by atoms with Gasteiger partial charge in [-0.1, -0.05) is 23.7 Å². The molecule has 4 nitrogen and oxygen atoms in total. The van der Waals surface area contributed by atoms with Gasteiger partial charge in [-0.15, -0.1) is 0 Å². The minimum atomic E-state index is -2.90. The molecule has 15 heavy (non-hydrogen) atoms. The number of halogens is 1. The summed E-state index contributed by atoms with van der Waals surface area (Å²) in [5.74, 6) is 3.46. The summed E-state index contributed by atoms with van der Waals surface area (Å²) in [4.78, 5) is 11.3. The van der Waals surface area contributed by atoms with Gasteiger partial charge in [0.05, 0.1) is 19.6 Å². The molecule has 1 aromatic carbocycles. The van der Waals surface area contributed by atoms with Crippen LogP contribution in [0.25, 0.3) is 0 Å². The molecule has 0 aliphatic heterocycles. The van der Waals surface area contributed by atoms with Crippen molar-refractivity contribution >= 4 is 33.2 Å². The third kappa shape index (κ3) is 2.87. The SMILES string of the molecule is C=S(=O)(NC(=O)NC)c1ccccc1Cl. The Bertz CT molecular complexity index is 471. The van der Waals surface area contributed by atoms with Gasteiger partial charge in [-0.05, 0) is 18.0 Å². The highest BCUT2D eigenvalue weighted by Gasteiger charge is 2.13. The van der Waals surface area contributed by atoms with Crippen LogP contribution in [0.1, 0.15) is 0 Å². The minimum absolute atomic E-state index is 0.314. The van der Waals surface area contributed by atoms with E-state index in [1.165, 1.54) is 7.05 Å². The monoisotopic (exact) mass is 246 g/mol. The van der Waals surface area contributed by atoms with Crippen molar-refractivity contribution in [1.29, 1.82) is 0 Å². The number of carbonyl (C=O) groups excluding carboxylic acids is 1. The van der Waals surface area contributed by atoms with Crippen LogP contribution in [0, 0.1) is 0 Å². The van der Waals surface area contributed by atoms with Crippen molar-refractivity contribution in [3.63, 3.8) is 0 Å². The molecule has 0 aliphatic rings. The third-order valence-corrected chi connectivity index (χ3v) is 3.70. The van der Waals surface area contributed by atoms with Crippen molar-refractivity contribution in [3.05, 3.63) is 29.3 Å². The Kier molecular flexibility index (Phi) is 3.60. The second-order valence-corrected chi connectivity index (χ2v) is 5.19. The molecular formula is C9H11ClN2O2S. The predicted molar refractivity (Wildman–Crippen MR) is 62.6 cm³/mol. The number of rotatable bonds is 2. The van der Waals surface area contributed by atoms with Gasteiger partial charge in [-0.25, -0.2) is 9.00 Å². The van der Waals surface area contributed by atoms with Gasteiger partial charge in [-0.3, -0.25) is 4.72 Å². The van der Waals surface area contributed by atoms with Crippen molar-refractivity contribution in [2.45, 2.75) is 4.90 Å².